The Morgan fingerprint density at radius 2 is 1.81 bits per heavy atom. The van der Waals surface area contributed by atoms with Gasteiger partial charge in [-0.15, -0.1) is 0 Å². The molecule has 2 N–H and O–H groups in total. The topological polar surface area (TPSA) is 35.2 Å². The summed E-state index contributed by atoms with van der Waals surface area (Å²) >= 11 is 0. The van der Waals surface area contributed by atoms with Crippen LogP contribution in [0, 0.1) is 5.41 Å². The summed E-state index contributed by atoms with van der Waals surface area (Å²) in [5.74, 6) is 0.982. The van der Waals surface area contributed by atoms with Gasteiger partial charge in [0.2, 0.25) is 0 Å². The van der Waals surface area contributed by atoms with Gasteiger partial charge in [-0.25, -0.2) is 0 Å². The molecule has 0 heterocycles. The minimum atomic E-state index is 0.126. The highest BCUT2D eigenvalue weighted by Gasteiger charge is 2.13. The van der Waals surface area contributed by atoms with E-state index in [1.54, 1.807) is 0 Å². The Labute approximate surface area is 128 Å². The average Bonchev–Trinajstić information content (AvgIpc) is 2.39. The maximum atomic E-state index is 6.07. The Hall–Kier alpha value is -1.54. The van der Waals surface area contributed by atoms with Crippen LogP contribution in [-0.2, 0) is 6.42 Å². The second-order valence-corrected chi connectivity index (χ2v) is 7.10. The molecule has 0 aliphatic rings. The lowest BCUT2D eigenvalue weighted by atomic mass is 9.93. The third-order valence-corrected chi connectivity index (χ3v) is 3.63. The first-order valence-electron chi connectivity index (χ1n) is 7.76. The van der Waals surface area contributed by atoms with Gasteiger partial charge in [0.15, 0.2) is 0 Å². The van der Waals surface area contributed by atoms with E-state index in [0.29, 0.717) is 0 Å². The molecule has 0 amide bonds. The molecule has 0 aliphatic heterocycles. The molecule has 1 unspecified atom stereocenters. The predicted octanol–water partition coefficient (Wildman–Crippen LogP) is 4.54. The quantitative estimate of drug-likeness (QED) is 0.875. The fraction of sp³-hybridized carbons (Fsp3) is 0.474. The molecule has 114 valence electrons. The van der Waals surface area contributed by atoms with Crippen LogP contribution in [0.25, 0.3) is 10.8 Å². The first kappa shape index (κ1) is 15.8. The zero-order chi connectivity index (χ0) is 15.5. The summed E-state index contributed by atoms with van der Waals surface area (Å²) < 4.78 is 6.07. The second kappa shape index (κ2) is 6.48. The van der Waals surface area contributed by atoms with Gasteiger partial charge in [-0.3, -0.25) is 0 Å². The average molecular weight is 285 g/mol. The number of benzene rings is 2. The third-order valence-electron chi connectivity index (χ3n) is 3.63. The zero-order valence-electron chi connectivity index (χ0n) is 13.6. The molecule has 0 aromatic heterocycles. The van der Waals surface area contributed by atoms with Gasteiger partial charge < -0.3 is 10.5 Å². The lowest BCUT2D eigenvalue weighted by Gasteiger charge is -2.20. The molecule has 2 nitrogen and oxygen atoms in total. The number of nitrogens with two attached hydrogens (primary N) is 1. The molecule has 21 heavy (non-hydrogen) atoms. The van der Waals surface area contributed by atoms with Crippen molar-refractivity contribution < 1.29 is 4.74 Å². The lowest BCUT2D eigenvalue weighted by Crippen LogP contribution is -2.19. The summed E-state index contributed by atoms with van der Waals surface area (Å²) in [5, 5.41) is 2.50. The van der Waals surface area contributed by atoms with Crippen LogP contribution in [0.15, 0.2) is 36.4 Å². The molecule has 0 radical (unpaired) electrons. The van der Waals surface area contributed by atoms with E-state index in [2.05, 4.69) is 57.2 Å². The molecular weight excluding hydrogens is 258 g/mol. The van der Waals surface area contributed by atoms with Crippen molar-refractivity contribution in [2.45, 2.75) is 46.6 Å². The van der Waals surface area contributed by atoms with Crippen LogP contribution in [0.4, 0.5) is 0 Å². The Morgan fingerprint density at radius 1 is 1.10 bits per heavy atom. The van der Waals surface area contributed by atoms with E-state index in [9.17, 15) is 0 Å². The minimum absolute atomic E-state index is 0.126. The predicted molar refractivity (Wildman–Crippen MR) is 90.9 cm³/mol. The number of hydrogen-bond donors (Lipinski definition) is 1. The number of rotatable bonds is 5. The van der Waals surface area contributed by atoms with Crippen LogP contribution in [0.2, 0.25) is 0 Å². The first-order chi connectivity index (χ1) is 9.87. The second-order valence-electron chi connectivity index (χ2n) is 7.10. The molecule has 0 saturated heterocycles. The van der Waals surface area contributed by atoms with Gasteiger partial charge >= 0.3 is 0 Å². The maximum Gasteiger partial charge on any atom is 0.123 e. The number of fused-ring (bicyclic) bond motifs is 1. The maximum absolute atomic E-state index is 6.07. The summed E-state index contributed by atoms with van der Waals surface area (Å²) in [5.41, 5.74) is 7.55. The Morgan fingerprint density at radius 3 is 2.48 bits per heavy atom. The number of ether oxygens (including phenoxy) is 1. The van der Waals surface area contributed by atoms with E-state index in [4.69, 9.17) is 10.5 Å². The van der Waals surface area contributed by atoms with Crippen molar-refractivity contribution in [1.82, 2.24) is 0 Å². The van der Waals surface area contributed by atoms with Gasteiger partial charge in [0.05, 0.1) is 6.61 Å². The van der Waals surface area contributed by atoms with E-state index < -0.39 is 0 Å². The van der Waals surface area contributed by atoms with Crippen LogP contribution < -0.4 is 10.5 Å². The molecule has 0 saturated carbocycles. The SMILES string of the molecule is CC(N)Cc1c(OCCC(C)(C)C)ccc2ccccc12. The van der Waals surface area contributed by atoms with E-state index >= 15 is 0 Å². The highest BCUT2D eigenvalue weighted by Crippen LogP contribution is 2.30. The Bertz CT molecular complexity index is 596. The van der Waals surface area contributed by atoms with Crippen LogP contribution >= 0.6 is 0 Å². The van der Waals surface area contributed by atoms with Gasteiger partial charge in [-0.2, -0.15) is 0 Å². The standard InChI is InChI=1S/C19H27NO/c1-14(20)13-17-16-8-6-5-7-15(16)9-10-18(17)21-12-11-19(2,3)4/h5-10,14H,11-13,20H2,1-4H3. The van der Waals surface area contributed by atoms with Gasteiger partial charge in [-0.1, -0.05) is 51.1 Å². The highest BCUT2D eigenvalue weighted by atomic mass is 16.5. The highest BCUT2D eigenvalue weighted by molar-refractivity contribution is 5.87. The molecule has 0 spiro atoms. The molecule has 0 aliphatic carbocycles. The summed E-state index contributed by atoms with van der Waals surface area (Å²) in [4.78, 5) is 0. The summed E-state index contributed by atoms with van der Waals surface area (Å²) in [6.07, 6.45) is 1.88. The van der Waals surface area contributed by atoms with E-state index in [0.717, 1.165) is 25.2 Å². The van der Waals surface area contributed by atoms with Crippen molar-refractivity contribution in [2.75, 3.05) is 6.61 Å². The molecule has 2 rings (SSSR count). The third kappa shape index (κ3) is 4.47. The van der Waals surface area contributed by atoms with Crippen LogP contribution in [0.5, 0.6) is 5.75 Å². The Balaban J connectivity index is 2.29. The van der Waals surface area contributed by atoms with Crippen molar-refractivity contribution in [3.8, 4) is 5.75 Å². The smallest absolute Gasteiger partial charge is 0.123 e. The van der Waals surface area contributed by atoms with E-state index in [-0.39, 0.29) is 11.5 Å². The van der Waals surface area contributed by atoms with E-state index in [1.165, 1.54) is 16.3 Å². The van der Waals surface area contributed by atoms with Gasteiger partial charge in [0.25, 0.3) is 0 Å². The van der Waals surface area contributed by atoms with Crippen LogP contribution in [0.3, 0.4) is 0 Å². The largest absolute Gasteiger partial charge is 0.493 e. The summed E-state index contributed by atoms with van der Waals surface area (Å²) in [6, 6.07) is 12.8. The fourth-order valence-corrected chi connectivity index (χ4v) is 2.45. The van der Waals surface area contributed by atoms with Gasteiger partial charge in [-0.05, 0) is 42.0 Å². The fourth-order valence-electron chi connectivity index (χ4n) is 2.45. The van der Waals surface area contributed by atoms with Crippen molar-refractivity contribution >= 4 is 10.8 Å². The van der Waals surface area contributed by atoms with Crippen LogP contribution in [0.1, 0.15) is 39.7 Å². The molecule has 0 bridgehead atoms. The summed E-state index contributed by atoms with van der Waals surface area (Å²) in [7, 11) is 0. The van der Waals surface area contributed by atoms with Crippen molar-refractivity contribution in [2.24, 2.45) is 11.1 Å². The summed E-state index contributed by atoms with van der Waals surface area (Å²) in [6.45, 7) is 9.49. The molecule has 2 aromatic rings. The Kier molecular flexibility index (Phi) is 4.89. The minimum Gasteiger partial charge on any atom is -0.493 e. The van der Waals surface area contributed by atoms with Gasteiger partial charge in [0, 0.05) is 11.6 Å². The first-order valence-corrected chi connectivity index (χ1v) is 7.76. The van der Waals surface area contributed by atoms with E-state index in [1.807, 2.05) is 6.92 Å². The van der Waals surface area contributed by atoms with Crippen molar-refractivity contribution in [1.29, 1.82) is 0 Å². The van der Waals surface area contributed by atoms with Crippen molar-refractivity contribution in [3.63, 3.8) is 0 Å². The molecular formula is C19H27NO. The molecule has 1 atom stereocenters. The molecule has 2 heteroatoms. The number of hydrogen-bond acceptors (Lipinski definition) is 2. The van der Waals surface area contributed by atoms with Crippen LogP contribution in [-0.4, -0.2) is 12.6 Å². The van der Waals surface area contributed by atoms with Crippen molar-refractivity contribution in [3.05, 3.63) is 42.0 Å². The monoisotopic (exact) mass is 285 g/mol. The molecule has 0 fully saturated rings. The van der Waals surface area contributed by atoms with Gasteiger partial charge in [0.1, 0.15) is 5.75 Å². The normalized spacial score (nSPS) is 13.4. The molecule has 2 aromatic carbocycles. The lowest BCUT2D eigenvalue weighted by molar-refractivity contribution is 0.241. The zero-order valence-corrected chi connectivity index (χ0v) is 13.6.